The van der Waals surface area contributed by atoms with Gasteiger partial charge < -0.3 is 25.0 Å². The zero-order valence-corrected chi connectivity index (χ0v) is 17.1. The first-order valence-corrected chi connectivity index (χ1v) is 9.45. The lowest BCUT2D eigenvalue weighted by Gasteiger charge is -2.27. The first kappa shape index (κ1) is 22.7. The van der Waals surface area contributed by atoms with Crippen LogP contribution < -0.4 is 5.73 Å². The molecule has 0 radical (unpaired) electrons. The van der Waals surface area contributed by atoms with Crippen LogP contribution in [0.1, 0.15) is 34.6 Å². The molecule has 8 heteroatoms. The normalized spacial score (nSPS) is 19.0. The van der Waals surface area contributed by atoms with E-state index >= 15 is 0 Å². The Kier molecular flexibility index (Phi) is 8.49. The van der Waals surface area contributed by atoms with Crippen LogP contribution in [0, 0.1) is 0 Å². The number of ketones is 2. The number of nitrogens with two attached hydrogens (primary N) is 1. The summed E-state index contributed by atoms with van der Waals surface area (Å²) in [7, 11) is 1.40. The van der Waals surface area contributed by atoms with Crippen molar-refractivity contribution in [1.82, 2.24) is 9.80 Å². The van der Waals surface area contributed by atoms with Crippen molar-refractivity contribution in [3.05, 3.63) is 22.5 Å². The van der Waals surface area contributed by atoms with Gasteiger partial charge >= 0.3 is 6.09 Å². The average Bonchev–Trinajstić information content (AvgIpc) is 3.56. The van der Waals surface area contributed by atoms with Crippen molar-refractivity contribution in [2.45, 2.75) is 40.7 Å². The maximum Gasteiger partial charge on any atom is 0.404 e. The summed E-state index contributed by atoms with van der Waals surface area (Å²) in [6.45, 7) is 12.4. The maximum atomic E-state index is 13.0. The summed E-state index contributed by atoms with van der Waals surface area (Å²) in [5, 5.41) is 0. The van der Waals surface area contributed by atoms with Gasteiger partial charge in [0.1, 0.15) is 12.7 Å². The molecule has 2 saturated heterocycles. The van der Waals surface area contributed by atoms with E-state index in [4.69, 9.17) is 15.2 Å². The molecule has 0 saturated carbocycles. The highest BCUT2D eigenvalue weighted by Crippen LogP contribution is 2.35. The second-order valence-corrected chi connectivity index (χ2v) is 5.72. The molecule has 2 heterocycles. The molecule has 0 bridgehead atoms. The van der Waals surface area contributed by atoms with Crippen LogP contribution in [0.2, 0.25) is 0 Å². The zero-order valence-electron chi connectivity index (χ0n) is 17.1. The highest BCUT2D eigenvalue weighted by atomic mass is 16.6. The van der Waals surface area contributed by atoms with Crippen LogP contribution >= 0.6 is 0 Å². The van der Waals surface area contributed by atoms with Crippen LogP contribution in [-0.2, 0) is 19.1 Å². The number of hydrogen-bond acceptors (Lipinski definition) is 7. The molecule has 1 amide bonds. The largest absolute Gasteiger partial charge is 0.447 e. The number of methoxy groups -OCH3 is 1. The SMILES string of the molecule is CC.CC.COC(COC(N)=O)C1=C(N2CC2)C(=O)C(C)=C(N2CC2)C1=O. The Labute approximate surface area is 160 Å². The minimum atomic E-state index is -0.951. The van der Waals surface area contributed by atoms with Crippen molar-refractivity contribution >= 4 is 17.7 Å². The Balaban J connectivity index is 0.000000855. The summed E-state index contributed by atoms with van der Waals surface area (Å²) in [5.41, 5.74) is 6.49. The fourth-order valence-electron chi connectivity index (χ4n) is 2.78. The summed E-state index contributed by atoms with van der Waals surface area (Å²) in [4.78, 5) is 40.2. The average molecular weight is 381 g/mol. The van der Waals surface area contributed by atoms with Gasteiger partial charge in [-0.1, -0.05) is 27.7 Å². The van der Waals surface area contributed by atoms with Crippen LogP contribution in [0.25, 0.3) is 0 Å². The first-order chi connectivity index (χ1) is 13.0. The minimum absolute atomic E-state index is 0.167. The van der Waals surface area contributed by atoms with E-state index in [1.807, 2.05) is 37.5 Å². The Morgan fingerprint density at radius 2 is 1.48 bits per heavy atom. The molecular weight excluding hydrogens is 350 g/mol. The highest BCUT2D eigenvalue weighted by Gasteiger charge is 2.44. The quantitative estimate of drug-likeness (QED) is 0.549. The summed E-state index contributed by atoms with van der Waals surface area (Å²) < 4.78 is 10.1. The monoisotopic (exact) mass is 381 g/mol. The summed E-state index contributed by atoms with van der Waals surface area (Å²) in [5.74, 6) is -0.401. The summed E-state index contributed by atoms with van der Waals surface area (Å²) >= 11 is 0. The van der Waals surface area contributed by atoms with Gasteiger partial charge in [0.2, 0.25) is 11.6 Å². The van der Waals surface area contributed by atoms with Crippen molar-refractivity contribution in [2.24, 2.45) is 5.73 Å². The van der Waals surface area contributed by atoms with Gasteiger partial charge in [0.15, 0.2) is 0 Å². The third-order valence-electron chi connectivity index (χ3n) is 4.14. The van der Waals surface area contributed by atoms with E-state index in [9.17, 15) is 14.4 Å². The third-order valence-corrected chi connectivity index (χ3v) is 4.14. The van der Waals surface area contributed by atoms with Crippen molar-refractivity contribution < 1.29 is 23.9 Å². The molecular formula is C19H31N3O5. The zero-order chi connectivity index (χ0) is 20.7. The van der Waals surface area contributed by atoms with Gasteiger partial charge in [-0.15, -0.1) is 0 Å². The van der Waals surface area contributed by atoms with Gasteiger partial charge in [-0.2, -0.15) is 0 Å². The molecule has 0 aromatic heterocycles. The summed E-state index contributed by atoms with van der Waals surface area (Å²) in [6, 6.07) is 0. The molecule has 27 heavy (non-hydrogen) atoms. The lowest BCUT2D eigenvalue weighted by Crippen LogP contribution is -2.37. The van der Waals surface area contributed by atoms with Crippen LogP contribution in [0.15, 0.2) is 22.5 Å². The molecule has 3 rings (SSSR count). The molecule has 2 N–H and O–H groups in total. The number of carbonyl (C=O) groups is 3. The molecule has 3 aliphatic rings. The van der Waals surface area contributed by atoms with Gasteiger partial charge in [-0.3, -0.25) is 9.59 Å². The smallest absolute Gasteiger partial charge is 0.404 e. The second kappa shape index (κ2) is 10.1. The lowest BCUT2D eigenvalue weighted by molar-refractivity contribution is -0.119. The molecule has 0 aromatic rings. The molecule has 152 valence electrons. The second-order valence-electron chi connectivity index (χ2n) is 5.72. The van der Waals surface area contributed by atoms with E-state index in [-0.39, 0.29) is 23.7 Å². The van der Waals surface area contributed by atoms with E-state index < -0.39 is 12.2 Å². The number of Topliss-reactive ketones (excluding diaryl/α,β-unsaturated/α-hetero) is 2. The Bertz CT molecular complexity index is 646. The number of primary amides is 1. The fraction of sp³-hybridized carbons (Fsp3) is 0.632. The molecule has 0 aromatic carbocycles. The van der Waals surface area contributed by atoms with Gasteiger partial charge in [0.05, 0.1) is 17.0 Å². The van der Waals surface area contributed by atoms with Gasteiger partial charge in [-0.05, 0) is 6.92 Å². The van der Waals surface area contributed by atoms with E-state index in [0.29, 0.717) is 17.0 Å². The molecule has 1 atom stereocenters. The number of ether oxygens (including phenoxy) is 2. The number of carbonyl (C=O) groups excluding carboxylic acids is 3. The Morgan fingerprint density at radius 3 is 1.89 bits per heavy atom. The Hall–Kier alpha value is -2.35. The lowest BCUT2D eigenvalue weighted by atomic mass is 9.88. The van der Waals surface area contributed by atoms with Crippen molar-refractivity contribution in [1.29, 1.82) is 0 Å². The molecule has 2 aliphatic heterocycles. The van der Waals surface area contributed by atoms with Crippen LogP contribution in [0.4, 0.5) is 4.79 Å². The van der Waals surface area contributed by atoms with E-state index in [1.54, 1.807) is 6.92 Å². The third kappa shape index (κ3) is 5.09. The van der Waals surface area contributed by atoms with Crippen LogP contribution in [0.3, 0.4) is 0 Å². The van der Waals surface area contributed by atoms with Gasteiger partial charge in [0.25, 0.3) is 0 Å². The molecule has 8 nitrogen and oxygen atoms in total. The highest BCUT2D eigenvalue weighted by molar-refractivity contribution is 6.25. The van der Waals surface area contributed by atoms with E-state index in [2.05, 4.69) is 0 Å². The predicted molar refractivity (Wildman–Crippen MR) is 102 cm³/mol. The number of amides is 1. The fourth-order valence-corrected chi connectivity index (χ4v) is 2.78. The van der Waals surface area contributed by atoms with Crippen molar-refractivity contribution in [3.8, 4) is 0 Å². The number of nitrogens with zero attached hydrogens (tertiary/aromatic N) is 2. The van der Waals surface area contributed by atoms with E-state index in [1.165, 1.54) is 7.11 Å². The number of allylic oxidation sites excluding steroid dienone is 2. The molecule has 1 unspecified atom stereocenters. The number of rotatable bonds is 6. The number of hydrogen-bond donors (Lipinski definition) is 1. The molecule has 1 aliphatic carbocycles. The molecule has 2 fully saturated rings. The predicted octanol–water partition coefficient (Wildman–Crippen LogP) is 1.46. The Morgan fingerprint density at radius 1 is 1.00 bits per heavy atom. The van der Waals surface area contributed by atoms with Crippen molar-refractivity contribution in [3.63, 3.8) is 0 Å². The van der Waals surface area contributed by atoms with Gasteiger partial charge in [0, 0.05) is 38.9 Å². The maximum absolute atomic E-state index is 13.0. The van der Waals surface area contributed by atoms with Crippen LogP contribution in [-0.4, -0.2) is 73.5 Å². The van der Waals surface area contributed by atoms with E-state index in [0.717, 1.165) is 26.2 Å². The van der Waals surface area contributed by atoms with Crippen molar-refractivity contribution in [2.75, 3.05) is 39.9 Å². The van der Waals surface area contributed by atoms with Gasteiger partial charge in [-0.25, -0.2) is 4.79 Å². The summed E-state index contributed by atoms with van der Waals surface area (Å²) in [6.07, 6.45) is -1.77. The minimum Gasteiger partial charge on any atom is -0.447 e. The standard InChI is InChI=1S/C15H19N3O5.2C2H6/c1-8-11(17-3-4-17)14(20)10(9(22-2)7-23-15(16)21)12(13(8)19)18-5-6-18;2*1-2/h9H,3-7H2,1-2H3,(H2,16,21);2*1-2H3. The molecule has 0 spiro atoms. The van der Waals surface area contributed by atoms with Crippen LogP contribution in [0.5, 0.6) is 0 Å². The topological polar surface area (TPSA) is 102 Å². The first-order valence-electron chi connectivity index (χ1n) is 9.45.